The monoisotopic (exact) mass is 483 g/mol. The summed E-state index contributed by atoms with van der Waals surface area (Å²) in [6, 6.07) is 8.71. The maximum atomic E-state index is 13.6. The highest BCUT2D eigenvalue weighted by atomic mass is 19.3. The topological polar surface area (TPSA) is 87.9 Å². The number of para-hydroxylation sites is 1. The summed E-state index contributed by atoms with van der Waals surface area (Å²) in [7, 11) is 0. The summed E-state index contributed by atoms with van der Waals surface area (Å²) in [5, 5.41) is 8.91. The number of hydrogen-bond acceptors (Lipinski definition) is 6. The maximum Gasteiger partial charge on any atom is 0.305 e. The van der Waals surface area contributed by atoms with E-state index >= 15 is 0 Å². The van der Waals surface area contributed by atoms with Gasteiger partial charge in [-0.3, -0.25) is 4.79 Å². The Morgan fingerprint density at radius 2 is 1.88 bits per heavy atom. The van der Waals surface area contributed by atoms with Gasteiger partial charge in [0.15, 0.2) is 6.61 Å². The molecule has 2 rings (SSSR count). The van der Waals surface area contributed by atoms with Gasteiger partial charge in [-0.25, -0.2) is 0 Å². The van der Waals surface area contributed by atoms with E-state index in [1.807, 2.05) is 25.1 Å². The molecule has 34 heavy (non-hydrogen) atoms. The normalized spacial score (nSPS) is 14.1. The van der Waals surface area contributed by atoms with Crippen molar-refractivity contribution in [3.8, 4) is 5.75 Å². The molecule has 0 radical (unpaired) electrons. The molecule has 0 unspecified atom stereocenters. The number of carbonyl (C=O) groups is 1. The summed E-state index contributed by atoms with van der Waals surface area (Å²) in [5.74, 6) is -2.36. The van der Waals surface area contributed by atoms with Crippen LogP contribution in [0.5, 0.6) is 5.75 Å². The number of benzene rings is 1. The van der Waals surface area contributed by atoms with E-state index in [1.54, 1.807) is 30.3 Å². The highest BCUT2D eigenvalue weighted by molar-refractivity contribution is 5.69. The van der Waals surface area contributed by atoms with Crippen LogP contribution >= 0.6 is 0 Å². The minimum absolute atomic E-state index is 0.0428. The van der Waals surface area contributed by atoms with Gasteiger partial charge >= 0.3 is 5.97 Å². The number of nitrogens with zero attached hydrogens (tertiary/aromatic N) is 1. The van der Waals surface area contributed by atoms with Crippen molar-refractivity contribution >= 4 is 5.97 Å². The zero-order valence-corrected chi connectivity index (χ0v) is 19.7. The lowest BCUT2D eigenvalue weighted by Gasteiger charge is -2.14. The molecule has 9 heteroatoms. The Hall–Kier alpha value is -2.97. The smallest absolute Gasteiger partial charge is 0.305 e. The van der Waals surface area contributed by atoms with E-state index in [4.69, 9.17) is 9.47 Å². The predicted octanol–water partition coefficient (Wildman–Crippen LogP) is 6.32. The van der Waals surface area contributed by atoms with Gasteiger partial charge in [-0.15, -0.1) is 10.1 Å². The Kier molecular flexibility index (Phi) is 15.0. The van der Waals surface area contributed by atoms with Crippen LogP contribution in [0, 0.1) is 16.0 Å². The highest BCUT2D eigenvalue weighted by Gasteiger charge is 2.27. The standard InChI is InChI=1S/C15H18F2O.C10H17NO5/c16-15(17,11-10-13-6-4-5-7-13)12-18-14-8-2-1-3-9-14;1-2-3-4-5-7-10(12)15-8-6-9-16-11(13)14/h1-3,8-11,13H,4-7,12H2;2-3H,4-9H2,1H3/b11-10+;3-2-. The van der Waals surface area contributed by atoms with Crippen molar-refractivity contribution in [2.24, 2.45) is 5.92 Å². The first kappa shape index (κ1) is 29.1. The molecular formula is C25H35F2NO6. The zero-order valence-electron chi connectivity index (χ0n) is 19.7. The minimum atomic E-state index is -2.89. The lowest BCUT2D eigenvalue weighted by molar-refractivity contribution is -0.757. The number of ether oxygens (including phenoxy) is 2. The third-order valence-corrected chi connectivity index (χ3v) is 4.92. The van der Waals surface area contributed by atoms with Crippen LogP contribution in [-0.2, 0) is 14.4 Å². The Labute approximate surface area is 199 Å². The molecule has 1 aliphatic rings. The fraction of sp³-hybridized carbons (Fsp3) is 0.560. The molecule has 1 aromatic rings. The van der Waals surface area contributed by atoms with Crippen molar-refractivity contribution in [2.45, 2.75) is 64.2 Å². The van der Waals surface area contributed by atoms with Gasteiger partial charge in [0.1, 0.15) is 5.75 Å². The van der Waals surface area contributed by atoms with E-state index in [9.17, 15) is 23.7 Å². The summed E-state index contributed by atoms with van der Waals surface area (Å²) >= 11 is 0. The fourth-order valence-corrected chi connectivity index (χ4v) is 3.16. The van der Waals surface area contributed by atoms with Gasteiger partial charge < -0.3 is 14.3 Å². The third-order valence-electron chi connectivity index (χ3n) is 4.92. The molecule has 0 N–H and O–H groups in total. The van der Waals surface area contributed by atoms with Crippen LogP contribution < -0.4 is 4.74 Å². The quantitative estimate of drug-likeness (QED) is 0.101. The molecule has 1 aliphatic carbocycles. The second-order valence-electron chi connectivity index (χ2n) is 7.86. The van der Waals surface area contributed by atoms with Gasteiger partial charge in [0.05, 0.1) is 13.2 Å². The summed E-state index contributed by atoms with van der Waals surface area (Å²) < 4.78 is 37.0. The second-order valence-corrected chi connectivity index (χ2v) is 7.86. The molecule has 0 bridgehead atoms. The van der Waals surface area contributed by atoms with Crippen molar-refractivity contribution < 1.29 is 33.0 Å². The molecule has 0 amide bonds. The number of carbonyl (C=O) groups excluding carboxylic acids is 1. The lowest BCUT2D eigenvalue weighted by Crippen LogP contribution is -2.23. The SMILES string of the molecule is C/C=C\CCCC(=O)OCCCO[N+](=O)[O-].FC(F)(/C=C/C1CCCC1)COc1ccccc1. The number of halogens is 2. The van der Waals surface area contributed by atoms with Gasteiger partial charge in [0.25, 0.3) is 11.0 Å². The van der Waals surface area contributed by atoms with Crippen LogP contribution in [-0.4, -0.2) is 36.8 Å². The van der Waals surface area contributed by atoms with E-state index in [0.717, 1.165) is 44.6 Å². The van der Waals surface area contributed by atoms with E-state index < -0.39 is 17.6 Å². The summed E-state index contributed by atoms with van der Waals surface area (Å²) in [6.45, 7) is 1.45. The maximum absolute atomic E-state index is 13.6. The molecule has 1 fully saturated rings. The van der Waals surface area contributed by atoms with E-state index in [1.165, 1.54) is 0 Å². The molecule has 0 aromatic heterocycles. The molecule has 190 valence electrons. The number of allylic oxidation sites excluding steroid dienone is 3. The molecule has 0 atom stereocenters. The zero-order chi connectivity index (χ0) is 25.1. The van der Waals surface area contributed by atoms with Gasteiger partial charge in [0, 0.05) is 12.8 Å². The van der Waals surface area contributed by atoms with Gasteiger partial charge in [-0.05, 0) is 56.7 Å². The van der Waals surface area contributed by atoms with Crippen molar-refractivity contribution in [2.75, 3.05) is 19.8 Å². The minimum Gasteiger partial charge on any atom is -0.487 e. The average Bonchev–Trinajstić information content (AvgIpc) is 3.34. The number of unbranched alkanes of at least 4 members (excludes halogenated alkanes) is 1. The van der Waals surface area contributed by atoms with Crippen LogP contribution in [0.2, 0.25) is 0 Å². The number of esters is 1. The first-order valence-corrected chi connectivity index (χ1v) is 11.6. The Bertz CT molecular complexity index is 749. The van der Waals surface area contributed by atoms with Crippen molar-refractivity contribution in [1.29, 1.82) is 0 Å². The third kappa shape index (κ3) is 15.8. The fourth-order valence-electron chi connectivity index (χ4n) is 3.16. The average molecular weight is 484 g/mol. The molecule has 7 nitrogen and oxygen atoms in total. The van der Waals surface area contributed by atoms with Gasteiger partial charge in [-0.1, -0.05) is 49.3 Å². The van der Waals surface area contributed by atoms with Crippen LogP contribution in [0.4, 0.5) is 8.78 Å². The number of rotatable bonds is 14. The van der Waals surface area contributed by atoms with Crippen LogP contribution in [0.1, 0.15) is 58.3 Å². The van der Waals surface area contributed by atoms with E-state index in [2.05, 4.69) is 4.84 Å². The largest absolute Gasteiger partial charge is 0.487 e. The van der Waals surface area contributed by atoms with Crippen molar-refractivity contribution in [3.05, 3.63) is 64.8 Å². The first-order valence-electron chi connectivity index (χ1n) is 11.6. The summed E-state index contributed by atoms with van der Waals surface area (Å²) in [4.78, 5) is 24.9. The van der Waals surface area contributed by atoms with Crippen molar-refractivity contribution in [3.63, 3.8) is 0 Å². The summed E-state index contributed by atoms with van der Waals surface area (Å²) in [6.07, 6.45) is 13.3. The van der Waals surface area contributed by atoms with Crippen molar-refractivity contribution in [1.82, 2.24) is 0 Å². The molecule has 0 aliphatic heterocycles. The van der Waals surface area contributed by atoms with Gasteiger partial charge in [-0.2, -0.15) is 8.78 Å². The number of hydrogen-bond donors (Lipinski definition) is 0. The first-order chi connectivity index (χ1) is 16.3. The highest BCUT2D eigenvalue weighted by Crippen LogP contribution is 2.27. The van der Waals surface area contributed by atoms with E-state index in [-0.39, 0.29) is 19.2 Å². The molecule has 0 spiro atoms. The molecule has 0 heterocycles. The predicted molar refractivity (Wildman–Crippen MR) is 125 cm³/mol. The van der Waals surface area contributed by atoms with Crippen LogP contribution in [0.15, 0.2) is 54.6 Å². The molecular weight excluding hydrogens is 448 g/mol. The molecule has 1 saturated carbocycles. The summed E-state index contributed by atoms with van der Waals surface area (Å²) in [5.41, 5.74) is 0. The lowest BCUT2D eigenvalue weighted by atomic mass is 10.1. The Morgan fingerprint density at radius 1 is 1.18 bits per heavy atom. The Morgan fingerprint density at radius 3 is 2.53 bits per heavy atom. The molecule has 1 aromatic carbocycles. The van der Waals surface area contributed by atoms with E-state index in [0.29, 0.717) is 24.5 Å². The van der Waals surface area contributed by atoms with Crippen LogP contribution in [0.3, 0.4) is 0 Å². The van der Waals surface area contributed by atoms with Gasteiger partial charge in [0.2, 0.25) is 0 Å². The second kappa shape index (κ2) is 17.5. The van der Waals surface area contributed by atoms with Crippen LogP contribution in [0.25, 0.3) is 0 Å². The molecule has 0 saturated heterocycles. The Balaban J connectivity index is 0.000000344. The number of alkyl halides is 2.